The number of primary sulfonamides is 1. The van der Waals surface area contributed by atoms with Gasteiger partial charge < -0.3 is 10.1 Å². The number of nitrogens with one attached hydrogen (secondary N) is 1. The summed E-state index contributed by atoms with van der Waals surface area (Å²) < 4.78 is 27.8. The molecule has 0 aliphatic rings. The molecule has 0 bridgehead atoms. The number of carbonyl (C=O) groups is 1. The summed E-state index contributed by atoms with van der Waals surface area (Å²) in [4.78, 5) is 11.7. The first-order valence-electron chi connectivity index (χ1n) is 6.27. The van der Waals surface area contributed by atoms with Gasteiger partial charge in [-0.15, -0.1) is 0 Å². The first-order chi connectivity index (χ1) is 10.8. The largest absolute Gasteiger partial charge is 0.482 e. The maximum atomic E-state index is 11.9. The highest BCUT2D eigenvalue weighted by molar-refractivity contribution is 7.89. The van der Waals surface area contributed by atoms with Crippen LogP contribution in [0.15, 0.2) is 47.4 Å². The fourth-order valence-corrected chi connectivity index (χ4v) is 2.59. The van der Waals surface area contributed by atoms with E-state index >= 15 is 0 Å². The summed E-state index contributed by atoms with van der Waals surface area (Å²) in [6.07, 6.45) is 0. The third-order valence-electron chi connectivity index (χ3n) is 2.72. The zero-order valence-electron chi connectivity index (χ0n) is 11.6. The van der Waals surface area contributed by atoms with Crippen molar-refractivity contribution in [3.8, 4) is 5.75 Å². The number of sulfonamides is 1. The van der Waals surface area contributed by atoms with Crippen LogP contribution in [0.5, 0.6) is 5.75 Å². The van der Waals surface area contributed by atoms with Crippen molar-refractivity contribution in [3.63, 3.8) is 0 Å². The number of carbonyl (C=O) groups excluding carboxylic acids is 1. The van der Waals surface area contributed by atoms with Crippen LogP contribution in [0.2, 0.25) is 10.0 Å². The number of hydrogen-bond donors (Lipinski definition) is 2. The molecule has 1 amide bonds. The first-order valence-corrected chi connectivity index (χ1v) is 8.57. The second-order valence-corrected chi connectivity index (χ2v) is 6.81. The smallest absolute Gasteiger partial charge is 0.262 e. The van der Waals surface area contributed by atoms with Crippen molar-refractivity contribution in [1.29, 1.82) is 0 Å². The molecule has 122 valence electrons. The van der Waals surface area contributed by atoms with Crippen molar-refractivity contribution < 1.29 is 17.9 Å². The molecule has 9 heteroatoms. The zero-order valence-corrected chi connectivity index (χ0v) is 14.0. The maximum absolute atomic E-state index is 11.9. The molecule has 0 atom stereocenters. The normalized spacial score (nSPS) is 11.1. The van der Waals surface area contributed by atoms with E-state index in [1.807, 2.05) is 0 Å². The predicted molar refractivity (Wildman–Crippen MR) is 88.4 cm³/mol. The van der Waals surface area contributed by atoms with E-state index in [4.69, 9.17) is 33.1 Å². The highest BCUT2D eigenvalue weighted by Crippen LogP contribution is 2.31. The van der Waals surface area contributed by atoms with Crippen LogP contribution in [0.4, 0.5) is 5.69 Å². The maximum Gasteiger partial charge on any atom is 0.262 e. The zero-order chi connectivity index (χ0) is 17.0. The summed E-state index contributed by atoms with van der Waals surface area (Å²) in [5.41, 5.74) is 0.280. The second-order valence-electron chi connectivity index (χ2n) is 4.46. The van der Waals surface area contributed by atoms with Crippen LogP contribution in [0.25, 0.3) is 0 Å². The van der Waals surface area contributed by atoms with Crippen LogP contribution in [0, 0.1) is 0 Å². The molecule has 0 aromatic heterocycles. The van der Waals surface area contributed by atoms with E-state index in [0.717, 1.165) is 0 Å². The summed E-state index contributed by atoms with van der Waals surface area (Å²) in [7, 11) is -3.84. The van der Waals surface area contributed by atoms with Crippen molar-refractivity contribution >= 4 is 44.8 Å². The molecule has 3 N–H and O–H groups in total. The third-order valence-corrected chi connectivity index (χ3v) is 4.43. The van der Waals surface area contributed by atoms with E-state index in [1.54, 1.807) is 18.2 Å². The topological polar surface area (TPSA) is 98.5 Å². The van der Waals surface area contributed by atoms with Gasteiger partial charge in [0.15, 0.2) is 6.61 Å². The number of rotatable bonds is 5. The molecule has 0 saturated heterocycles. The molecule has 0 saturated carbocycles. The minimum atomic E-state index is -3.84. The molecule has 0 fully saturated rings. The molecular weight excluding hydrogens is 363 g/mol. The number of ether oxygens (including phenoxy) is 1. The van der Waals surface area contributed by atoms with Crippen LogP contribution in [-0.4, -0.2) is 20.9 Å². The van der Waals surface area contributed by atoms with Gasteiger partial charge in [-0.2, -0.15) is 0 Å². The summed E-state index contributed by atoms with van der Waals surface area (Å²) in [6.45, 7) is -0.320. The van der Waals surface area contributed by atoms with Crippen LogP contribution >= 0.6 is 23.2 Å². The highest BCUT2D eigenvalue weighted by atomic mass is 35.5. The lowest BCUT2D eigenvalue weighted by Crippen LogP contribution is -2.20. The predicted octanol–water partition coefficient (Wildman–Crippen LogP) is 2.66. The molecule has 0 spiro atoms. The molecule has 2 aromatic rings. The lowest BCUT2D eigenvalue weighted by atomic mass is 10.3. The summed E-state index contributed by atoms with van der Waals surface area (Å²) in [5.74, 6) is -0.222. The standard InChI is InChI=1S/C14H12Cl2N2O4S/c15-11-5-2-6-12(14(11)16)22-8-13(19)18-9-3-1-4-10(7-9)23(17,20)21/h1-7H,8H2,(H,18,19)(H2,17,20,21). The van der Waals surface area contributed by atoms with E-state index < -0.39 is 15.9 Å². The van der Waals surface area contributed by atoms with Gasteiger partial charge >= 0.3 is 0 Å². The van der Waals surface area contributed by atoms with E-state index in [0.29, 0.717) is 5.02 Å². The molecule has 0 unspecified atom stereocenters. The van der Waals surface area contributed by atoms with E-state index in [9.17, 15) is 13.2 Å². The Morgan fingerprint density at radius 2 is 1.87 bits per heavy atom. The van der Waals surface area contributed by atoms with Gasteiger partial charge in [-0.1, -0.05) is 35.3 Å². The second kappa shape index (κ2) is 7.18. The molecule has 6 nitrogen and oxygen atoms in total. The van der Waals surface area contributed by atoms with Crippen molar-refractivity contribution in [1.82, 2.24) is 0 Å². The molecule has 0 radical (unpaired) electrons. The Bertz CT molecular complexity index is 840. The lowest BCUT2D eigenvalue weighted by Gasteiger charge is -2.10. The van der Waals surface area contributed by atoms with Crippen molar-refractivity contribution in [3.05, 3.63) is 52.5 Å². The number of halogens is 2. The highest BCUT2D eigenvalue weighted by Gasteiger charge is 2.11. The molecule has 23 heavy (non-hydrogen) atoms. The van der Waals surface area contributed by atoms with E-state index in [1.165, 1.54) is 24.3 Å². The minimum Gasteiger partial charge on any atom is -0.482 e. The Hall–Kier alpha value is -1.80. The van der Waals surface area contributed by atoms with Crippen molar-refractivity contribution in [2.45, 2.75) is 4.90 Å². The van der Waals surface area contributed by atoms with Crippen LogP contribution < -0.4 is 15.2 Å². The molecule has 0 aliphatic heterocycles. The monoisotopic (exact) mass is 374 g/mol. The van der Waals surface area contributed by atoms with Crippen molar-refractivity contribution in [2.75, 3.05) is 11.9 Å². The van der Waals surface area contributed by atoms with Gasteiger partial charge in [0.25, 0.3) is 5.91 Å². The molecule has 0 aliphatic carbocycles. The summed E-state index contributed by atoms with van der Waals surface area (Å²) in [6, 6.07) is 10.4. The number of benzene rings is 2. The summed E-state index contributed by atoms with van der Waals surface area (Å²) >= 11 is 11.8. The number of hydrogen-bond acceptors (Lipinski definition) is 4. The van der Waals surface area contributed by atoms with Gasteiger partial charge in [0.05, 0.1) is 9.92 Å². The fourth-order valence-electron chi connectivity index (χ4n) is 1.69. The lowest BCUT2D eigenvalue weighted by molar-refractivity contribution is -0.118. The van der Waals surface area contributed by atoms with Gasteiger partial charge in [0.2, 0.25) is 10.0 Å². The number of anilines is 1. The van der Waals surface area contributed by atoms with Gasteiger partial charge in [0, 0.05) is 5.69 Å². The van der Waals surface area contributed by atoms with E-state index in [2.05, 4.69) is 5.32 Å². The average molecular weight is 375 g/mol. The van der Waals surface area contributed by atoms with Crippen LogP contribution in [0.3, 0.4) is 0 Å². The minimum absolute atomic E-state index is 0.103. The number of amides is 1. The van der Waals surface area contributed by atoms with Gasteiger partial charge in [-0.25, -0.2) is 13.6 Å². The Morgan fingerprint density at radius 3 is 2.57 bits per heavy atom. The Kier molecular flexibility index (Phi) is 5.48. The molecular formula is C14H12Cl2N2O4S. The fraction of sp³-hybridized carbons (Fsp3) is 0.0714. The van der Waals surface area contributed by atoms with E-state index in [-0.39, 0.29) is 28.0 Å². The quantitative estimate of drug-likeness (QED) is 0.839. The SMILES string of the molecule is NS(=O)(=O)c1cccc(NC(=O)COc2cccc(Cl)c2Cl)c1. The molecule has 2 aromatic carbocycles. The van der Waals surface area contributed by atoms with Crippen LogP contribution in [0.1, 0.15) is 0 Å². The van der Waals surface area contributed by atoms with Crippen LogP contribution in [-0.2, 0) is 14.8 Å². The number of nitrogens with two attached hydrogens (primary N) is 1. The Morgan fingerprint density at radius 1 is 1.17 bits per heavy atom. The molecule has 2 rings (SSSR count). The average Bonchev–Trinajstić information content (AvgIpc) is 2.48. The Labute approximate surface area is 143 Å². The molecule has 0 heterocycles. The first kappa shape index (κ1) is 17.6. The third kappa shape index (κ3) is 4.84. The van der Waals surface area contributed by atoms with Gasteiger partial charge in [-0.3, -0.25) is 4.79 Å². The van der Waals surface area contributed by atoms with Gasteiger partial charge in [0.1, 0.15) is 10.8 Å². The Balaban J connectivity index is 2.02. The van der Waals surface area contributed by atoms with Crippen molar-refractivity contribution in [2.24, 2.45) is 5.14 Å². The summed E-state index contributed by atoms with van der Waals surface area (Å²) in [5, 5.41) is 8.05. The van der Waals surface area contributed by atoms with Gasteiger partial charge in [-0.05, 0) is 30.3 Å².